The number of aryl methyl sites for hydroxylation is 4. The van der Waals surface area contributed by atoms with Gasteiger partial charge in [-0.25, -0.2) is 80.4 Å². The molecular formula is C63H68N12O17S6. The van der Waals surface area contributed by atoms with Crippen molar-refractivity contribution in [3.8, 4) is 42.1 Å². The number of pyridine rings is 3. The summed E-state index contributed by atoms with van der Waals surface area (Å²) < 4.78 is 168. The number of sulfonamides is 3. The van der Waals surface area contributed by atoms with Gasteiger partial charge in [0.25, 0.3) is 0 Å². The summed E-state index contributed by atoms with van der Waals surface area (Å²) >= 11 is 0. The number of aromatic nitrogens is 3. The van der Waals surface area contributed by atoms with Gasteiger partial charge in [0, 0.05) is 46.0 Å². The van der Waals surface area contributed by atoms with Crippen LogP contribution in [0.5, 0.6) is 11.8 Å². The highest BCUT2D eigenvalue weighted by Gasteiger charge is 2.35. The smallest absolute Gasteiger partial charge is 0.244 e. The maximum atomic E-state index is 13.1. The number of carbonyl (C=O) groups is 3. The molecule has 0 unspecified atom stereocenters. The number of hydrogen-bond donors (Lipinski definition) is 1. The van der Waals surface area contributed by atoms with Crippen molar-refractivity contribution in [1.82, 2.24) is 28.3 Å². The van der Waals surface area contributed by atoms with E-state index in [1.165, 1.54) is 78.8 Å². The van der Waals surface area contributed by atoms with Crippen molar-refractivity contribution < 1.29 is 74.4 Å². The molecule has 6 rings (SSSR count). The zero-order chi connectivity index (χ0) is 73.3. The summed E-state index contributed by atoms with van der Waals surface area (Å²) in [5.41, 5.74) is 3.60. The van der Waals surface area contributed by atoms with Gasteiger partial charge in [-0.3, -0.25) is 19.4 Å². The molecule has 3 aromatic heterocycles. The first-order valence-corrected chi connectivity index (χ1v) is 37.3. The summed E-state index contributed by atoms with van der Waals surface area (Å²) in [5.74, 6) is -4.97. The molecule has 35 heteroatoms. The van der Waals surface area contributed by atoms with E-state index in [-0.39, 0.29) is 83.5 Å². The number of ketones is 3. The van der Waals surface area contributed by atoms with Crippen molar-refractivity contribution in [1.29, 1.82) is 26.3 Å². The number of ether oxygens (including phenoxy) is 2. The van der Waals surface area contributed by atoms with E-state index in [1.54, 1.807) is 33.8 Å². The summed E-state index contributed by atoms with van der Waals surface area (Å²) in [6, 6.07) is 25.2. The lowest BCUT2D eigenvalue weighted by Crippen LogP contribution is -2.27. The molecule has 3 heterocycles. The number of methoxy groups -OCH3 is 2. The Labute approximate surface area is 571 Å². The highest BCUT2D eigenvalue weighted by atomic mass is 32.2. The molecule has 29 nitrogen and oxygen atoms in total. The number of benzene rings is 3. The van der Waals surface area contributed by atoms with Crippen LogP contribution in [0.25, 0.3) is 4.85 Å². The molecule has 0 fully saturated rings. The molecule has 0 bridgehead atoms. The third kappa shape index (κ3) is 20.4. The van der Waals surface area contributed by atoms with E-state index in [1.807, 2.05) is 30.3 Å². The van der Waals surface area contributed by atoms with Gasteiger partial charge in [0.1, 0.15) is 50.2 Å². The van der Waals surface area contributed by atoms with Crippen LogP contribution in [-0.4, -0.2) is 158 Å². The van der Waals surface area contributed by atoms with Gasteiger partial charge >= 0.3 is 0 Å². The number of hydrogen-bond acceptors (Lipinski definition) is 25. The predicted molar refractivity (Wildman–Crippen MR) is 354 cm³/mol. The second kappa shape index (κ2) is 34.4. The van der Waals surface area contributed by atoms with Gasteiger partial charge in [0.15, 0.2) is 46.9 Å². The van der Waals surface area contributed by atoms with Crippen LogP contribution in [0.15, 0.2) is 102 Å². The average Bonchev–Trinajstić information content (AvgIpc) is 0.775. The summed E-state index contributed by atoms with van der Waals surface area (Å²) in [4.78, 5) is 50.3. The summed E-state index contributed by atoms with van der Waals surface area (Å²) in [7, 11) is -16.9. The molecule has 0 aliphatic rings. The molecule has 3 aromatic carbocycles. The zero-order valence-corrected chi connectivity index (χ0v) is 59.0. The quantitative estimate of drug-likeness (QED) is 0.0732. The van der Waals surface area contributed by atoms with Crippen LogP contribution >= 0.6 is 0 Å². The molecule has 0 atom stereocenters. The Morgan fingerprint density at radius 3 is 1.27 bits per heavy atom. The number of nitrogens with one attached hydrogen (secondary N) is 1. The third-order valence-electron chi connectivity index (χ3n) is 13.8. The Balaban J connectivity index is 0.000000381. The van der Waals surface area contributed by atoms with Crippen molar-refractivity contribution in [2.75, 3.05) is 66.7 Å². The maximum absolute atomic E-state index is 13.1. The Kier molecular flexibility index (Phi) is 29.0. The van der Waals surface area contributed by atoms with Gasteiger partial charge in [-0.05, 0) is 99.0 Å². The van der Waals surface area contributed by atoms with Crippen LogP contribution in [-0.2, 0) is 113 Å². The minimum Gasteiger partial charge on any atom is -0.481 e. The number of nitrogens with zero attached hydrogens (tertiary/aromatic N) is 11. The first-order valence-electron chi connectivity index (χ1n) is 27.9. The van der Waals surface area contributed by atoms with Crippen molar-refractivity contribution in [3.05, 3.63) is 157 Å². The van der Waals surface area contributed by atoms with Crippen LogP contribution in [0.4, 0.5) is 0 Å². The maximum Gasteiger partial charge on any atom is 0.244 e. The molecule has 0 aliphatic carbocycles. The number of nitriles is 5. The molecule has 6 aromatic rings. The fourth-order valence-electron chi connectivity index (χ4n) is 9.19. The minimum atomic E-state index is -4.42. The molecule has 0 spiro atoms. The highest BCUT2D eigenvalue weighted by Crippen LogP contribution is 2.31. The minimum absolute atomic E-state index is 0. The Bertz CT molecular complexity index is 5000. The Hall–Kier alpha value is -9.76. The van der Waals surface area contributed by atoms with Crippen LogP contribution in [0.2, 0.25) is 0 Å². The van der Waals surface area contributed by atoms with Crippen molar-refractivity contribution in [3.63, 3.8) is 0 Å². The fourth-order valence-corrected chi connectivity index (χ4v) is 18.3. The van der Waals surface area contributed by atoms with Gasteiger partial charge in [-0.1, -0.05) is 31.7 Å². The van der Waals surface area contributed by atoms with Crippen LogP contribution < -0.4 is 14.2 Å². The summed E-state index contributed by atoms with van der Waals surface area (Å²) in [5, 5.41) is 45.9. The molecule has 1 N–H and O–H groups in total. The van der Waals surface area contributed by atoms with E-state index in [0.717, 1.165) is 46.0 Å². The summed E-state index contributed by atoms with van der Waals surface area (Å²) in [6.07, 6.45) is -1.59. The largest absolute Gasteiger partial charge is 0.481 e. The number of sulfone groups is 3. The number of carbonyl (C=O) groups excluding carboxylic acids is 3. The second-order valence-electron chi connectivity index (χ2n) is 21.3. The van der Waals surface area contributed by atoms with Crippen molar-refractivity contribution >= 4 is 76.9 Å². The van der Waals surface area contributed by atoms with Gasteiger partial charge in [-0.15, -0.1) is 0 Å². The van der Waals surface area contributed by atoms with E-state index < -0.39 is 143 Å². The fraction of sp³-hybridized carbons (Fsp3) is 0.333. The van der Waals surface area contributed by atoms with Gasteiger partial charge in [0.2, 0.25) is 48.4 Å². The van der Waals surface area contributed by atoms with Gasteiger partial charge in [0.05, 0.1) is 112 Å². The molecule has 518 valence electrons. The van der Waals surface area contributed by atoms with E-state index in [4.69, 9.17) is 26.6 Å². The molecular weight excluding hydrogens is 1390 g/mol. The van der Waals surface area contributed by atoms with Gasteiger partial charge in [-0.2, -0.15) is 26.3 Å². The van der Waals surface area contributed by atoms with E-state index in [0.29, 0.717) is 27.9 Å². The van der Waals surface area contributed by atoms with E-state index >= 15 is 0 Å². The number of Topliss-reactive ketones (excluding diaryl/α,β-unsaturated/α-hetero) is 3. The van der Waals surface area contributed by atoms with E-state index in [9.17, 15) is 80.7 Å². The molecule has 0 amide bonds. The molecule has 0 saturated carbocycles. The zero-order valence-electron chi connectivity index (χ0n) is 54.1. The monoisotopic (exact) mass is 1460 g/mol. The lowest BCUT2D eigenvalue weighted by molar-refractivity contribution is -0.117. The average molecular weight is 1460 g/mol. The lowest BCUT2D eigenvalue weighted by atomic mass is 10.0. The van der Waals surface area contributed by atoms with Crippen LogP contribution in [0.1, 0.15) is 80.3 Å². The first-order chi connectivity index (χ1) is 45.2. The Morgan fingerprint density at radius 2 is 0.898 bits per heavy atom. The lowest BCUT2D eigenvalue weighted by Gasteiger charge is -2.17. The predicted octanol–water partition coefficient (Wildman–Crippen LogP) is 4.46. The van der Waals surface area contributed by atoms with Crippen molar-refractivity contribution in [2.45, 2.75) is 103 Å². The summed E-state index contributed by atoms with van der Waals surface area (Å²) in [6.45, 7) is 13.4. The standard InChI is InChI=1S/2C21H22N4O6S2.C20H20N4O5S2.CH4/c1-14-9-20(31-5)24-18(17(14)11-22)10-16(26)13-32(27,28)19-8-6-7-15(12-23-2)21(19)33(29,30)25(3)4;1-14-9-21(31-4)24-18(17(14)12-23)11-16(26)13-32(27,28)20-10-15(7-8-22)5-6-19(20)33(29,30)25(2)3;1-13-8-14(2)24-18(17(13)11-22)10-16(25)12-30(26,27)20-9-15(6-7-21)4-5-19(20)31(28,29)23-3;/h6-9H,10,12-13H2,1,3-5H3;5-6,9-10H,7,11,13H2,1-4H3;4-5,8-9,23H,6,10,12H2,1-3H3;1H4. The third-order valence-corrected chi connectivity index (χ3v) is 24.6. The van der Waals surface area contributed by atoms with E-state index in [2.05, 4.69) is 24.5 Å². The highest BCUT2D eigenvalue weighted by molar-refractivity contribution is 7.95. The molecule has 98 heavy (non-hydrogen) atoms. The van der Waals surface area contributed by atoms with Gasteiger partial charge < -0.3 is 14.3 Å². The van der Waals surface area contributed by atoms with Crippen LogP contribution in [0, 0.1) is 90.9 Å². The SMILES string of the molecule is C.CNS(=O)(=O)c1ccc(CC#N)cc1S(=O)(=O)CC(=O)Cc1nc(C)cc(C)c1C#N.COc1cc(C)c(C#N)c(CC(=O)CS(=O)(=O)c2cc(CC#N)ccc2S(=O)(=O)N(C)C)n1.[C-]#[N+]Cc1cccc(S(=O)(=O)CC(=O)Cc2nc(OC)cc(C)c2C#N)c1S(=O)(=O)N(C)C. The number of rotatable bonds is 26. The topological polar surface area (TPSA) is 455 Å². The first kappa shape index (κ1) is 82.5. The molecule has 0 radical (unpaired) electrons. The van der Waals surface area contributed by atoms with Crippen molar-refractivity contribution in [2.24, 2.45) is 0 Å². The Morgan fingerprint density at radius 1 is 0.520 bits per heavy atom. The molecule has 0 saturated heterocycles. The van der Waals surface area contributed by atoms with Crippen LogP contribution in [0.3, 0.4) is 0 Å². The normalized spacial score (nSPS) is 11.5. The molecule has 0 aliphatic heterocycles. The second-order valence-corrected chi connectivity index (χ2v) is 33.3.